The standard InChI is InChI=1S/C18H14N6O2S/c19-9-11-4-3-5-12(8-11)21-15(25)10-27-18-22-17(26)16(23-24-18)13-6-1-2-7-14(13)20/h1-8H,10,20H2,(H,21,25)(H,22,24,26). The molecule has 0 atom stereocenters. The highest BCUT2D eigenvalue weighted by molar-refractivity contribution is 7.99. The second-order valence-electron chi connectivity index (χ2n) is 5.42. The summed E-state index contributed by atoms with van der Waals surface area (Å²) in [5, 5.41) is 19.6. The van der Waals surface area contributed by atoms with Gasteiger partial charge in [0.05, 0.1) is 17.4 Å². The van der Waals surface area contributed by atoms with Crippen LogP contribution in [0.15, 0.2) is 58.5 Å². The molecule has 0 aliphatic rings. The number of rotatable bonds is 5. The number of anilines is 2. The highest BCUT2D eigenvalue weighted by Gasteiger charge is 2.12. The van der Waals surface area contributed by atoms with Crippen molar-refractivity contribution in [2.45, 2.75) is 5.16 Å². The number of nitrogens with zero attached hydrogens (tertiary/aromatic N) is 3. The van der Waals surface area contributed by atoms with Crippen molar-refractivity contribution >= 4 is 29.0 Å². The van der Waals surface area contributed by atoms with E-state index < -0.39 is 5.56 Å². The van der Waals surface area contributed by atoms with Gasteiger partial charge in [0.25, 0.3) is 5.56 Å². The number of H-pyrrole nitrogens is 1. The quantitative estimate of drug-likeness (QED) is 0.456. The smallest absolute Gasteiger partial charge is 0.278 e. The zero-order chi connectivity index (χ0) is 19.2. The van der Waals surface area contributed by atoms with Crippen LogP contribution in [0.2, 0.25) is 0 Å². The van der Waals surface area contributed by atoms with Crippen LogP contribution in [-0.2, 0) is 4.79 Å². The molecule has 134 valence electrons. The van der Waals surface area contributed by atoms with Crippen molar-refractivity contribution in [1.82, 2.24) is 15.2 Å². The molecule has 8 nitrogen and oxygen atoms in total. The average Bonchev–Trinajstić information content (AvgIpc) is 2.67. The Hall–Kier alpha value is -3.64. The maximum atomic E-state index is 12.2. The van der Waals surface area contributed by atoms with Gasteiger partial charge in [-0.15, -0.1) is 10.2 Å². The normalized spacial score (nSPS) is 10.2. The molecule has 2 aromatic carbocycles. The largest absolute Gasteiger partial charge is 0.398 e. The molecule has 3 rings (SSSR count). The lowest BCUT2D eigenvalue weighted by Gasteiger charge is -2.06. The molecule has 1 aromatic heterocycles. The van der Waals surface area contributed by atoms with Crippen molar-refractivity contribution in [2.24, 2.45) is 0 Å². The summed E-state index contributed by atoms with van der Waals surface area (Å²) >= 11 is 1.04. The lowest BCUT2D eigenvalue weighted by atomic mass is 10.1. The summed E-state index contributed by atoms with van der Waals surface area (Å²) in [5.74, 6) is -0.275. The van der Waals surface area contributed by atoms with E-state index in [2.05, 4.69) is 20.5 Å². The van der Waals surface area contributed by atoms with Crippen LogP contribution in [0.4, 0.5) is 11.4 Å². The summed E-state index contributed by atoms with van der Waals surface area (Å²) in [6, 6.07) is 15.5. The Labute approximate surface area is 158 Å². The van der Waals surface area contributed by atoms with Gasteiger partial charge in [-0.25, -0.2) is 0 Å². The van der Waals surface area contributed by atoms with E-state index in [1.165, 1.54) is 0 Å². The number of aromatic amines is 1. The number of amides is 1. The van der Waals surface area contributed by atoms with Crippen LogP contribution in [0.1, 0.15) is 5.56 Å². The number of nitrogens with one attached hydrogen (secondary N) is 2. The summed E-state index contributed by atoms with van der Waals surface area (Å²) in [6.45, 7) is 0. The van der Waals surface area contributed by atoms with Crippen molar-refractivity contribution in [3.63, 3.8) is 0 Å². The van der Waals surface area contributed by atoms with Gasteiger partial charge in [-0.05, 0) is 24.3 Å². The van der Waals surface area contributed by atoms with Gasteiger partial charge in [0.1, 0.15) is 0 Å². The van der Waals surface area contributed by atoms with E-state index in [0.29, 0.717) is 22.5 Å². The second kappa shape index (κ2) is 8.16. The maximum Gasteiger partial charge on any atom is 0.278 e. The molecule has 9 heteroatoms. The first-order chi connectivity index (χ1) is 13.1. The van der Waals surface area contributed by atoms with Gasteiger partial charge < -0.3 is 11.1 Å². The van der Waals surface area contributed by atoms with Crippen LogP contribution in [0, 0.1) is 11.3 Å². The Balaban J connectivity index is 1.65. The number of thioether (sulfide) groups is 1. The molecule has 3 aromatic rings. The van der Waals surface area contributed by atoms with Gasteiger partial charge in [-0.1, -0.05) is 36.0 Å². The molecule has 27 heavy (non-hydrogen) atoms. The van der Waals surface area contributed by atoms with Crippen molar-refractivity contribution in [2.75, 3.05) is 16.8 Å². The topological polar surface area (TPSA) is 138 Å². The molecule has 0 aliphatic carbocycles. The zero-order valence-electron chi connectivity index (χ0n) is 14.0. The Morgan fingerprint density at radius 1 is 1.22 bits per heavy atom. The summed E-state index contributed by atoms with van der Waals surface area (Å²) in [7, 11) is 0. The number of nitriles is 1. The minimum absolute atomic E-state index is 0.0220. The van der Waals surface area contributed by atoms with Gasteiger partial charge >= 0.3 is 0 Å². The lowest BCUT2D eigenvalue weighted by molar-refractivity contribution is -0.113. The number of nitrogens with two attached hydrogens (primary N) is 1. The Bertz CT molecular complexity index is 1090. The lowest BCUT2D eigenvalue weighted by Crippen LogP contribution is -2.17. The maximum absolute atomic E-state index is 12.2. The highest BCUT2D eigenvalue weighted by Crippen LogP contribution is 2.20. The number of nitrogen functional groups attached to an aromatic ring is 1. The van der Waals surface area contributed by atoms with Crippen molar-refractivity contribution in [1.29, 1.82) is 5.26 Å². The summed E-state index contributed by atoms with van der Waals surface area (Å²) in [6.07, 6.45) is 0. The number of carbonyl (C=O) groups is 1. The molecule has 0 radical (unpaired) electrons. The van der Waals surface area contributed by atoms with Gasteiger partial charge in [0.15, 0.2) is 10.9 Å². The van der Waals surface area contributed by atoms with E-state index in [-0.39, 0.29) is 22.5 Å². The number of aromatic nitrogens is 3. The first kappa shape index (κ1) is 18.2. The molecule has 1 heterocycles. The number of carbonyl (C=O) groups excluding carboxylic acids is 1. The first-order valence-electron chi connectivity index (χ1n) is 7.81. The number of benzene rings is 2. The van der Waals surface area contributed by atoms with E-state index in [4.69, 9.17) is 11.0 Å². The number of para-hydroxylation sites is 1. The monoisotopic (exact) mass is 378 g/mol. The Kier molecular flexibility index (Phi) is 5.49. The van der Waals surface area contributed by atoms with Crippen molar-refractivity contribution in [3.8, 4) is 17.3 Å². The van der Waals surface area contributed by atoms with Crippen LogP contribution >= 0.6 is 11.8 Å². The molecule has 0 fully saturated rings. The molecule has 4 N–H and O–H groups in total. The fraction of sp³-hybridized carbons (Fsp3) is 0.0556. The molecular formula is C18H14N6O2S. The van der Waals surface area contributed by atoms with E-state index in [1.807, 2.05) is 6.07 Å². The third-order valence-electron chi connectivity index (χ3n) is 3.51. The Morgan fingerprint density at radius 2 is 2.04 bits per heavy atom. The molecule has 0 saturated heterocycles. The zero-order valence-corrected chi connectivity index (χ0v) is 14.8. The SMILES string of the molecule is N#Cc1cccc(NC(=O)CSc2nnc(-c3ccccc3N)c(=O)[nH]2)c1. The van der Waals surface area contributed by atoms with E-state index in [1.54, 1.807) is 48.5 Å². The molecule has 0 spiro atoms. The third-order valence-corrected chi connectivity index (χ3v) is 4.37. The first-order valence-corrected chi connectivity index (χ1v) is 8.80. The summed E-state index contributed by atoms with van der Waals surface area (Å²) in [4.78, 5) is 26.9. The third kappa shape index (κ3) is 4.50. The molecule has 1 amide bonds. The van der Waals surface area contributed by atoms with E-state index in [0.717, 1.165) is 11.8 Å². The minimum atomic E-state index is -0.437. The highest BCUT2D eigenvalue weighted by atomic mass is 32.2. The van der Waals surface area contributed by atoms with Gasteiger partial charge in [-0.3, -0.25) is 14.6 Å². The number of hydrogen-bond acceptors (Lipinski definition) is 7. The Morgan fingerprint density at radius 3 is 2.78 bits per heavy atom. The second-order valence-corrected chi connectivity index (χ2v) is 6.39. The fourth-order valence-corrected chi connectivity index (χ4v) is 2.88. The van der Waals surface area contributed by atoms with E-state index in [9.17, 15) is 9.59 Å². The predicted molar refractivity (Wildman–Crippen MR) is 103 cm³/mol. The number of hydrogen-bond donors (Lipinski definition) is 3. The van der Waals surface area contributed by atoms with Crippen LogP contribution in [0.25, 0.3) is 11.3 Å². The van der Waals surface area contributed by atoms with Crippen LogP contribution in [-0.4, -0.2) is 26.8 Å². The minimum Gasteiger partial charge on any atom is -0.398 e. The van der Waals surface area contributed by atoms with Gasteiger partial charge in [-0.2, -0.15) is 5.26 Å². The van der Waals surface area contributed by atoms with Gasteiger partial charge in [0, 0.05) is 16.9 Å². The molecule has 0 unspecified atom stereocenters. The fourth-order valence-electron chi connectivity index (χ4n) is 2.27. The molecule has 0 saturated carbocycles. The molecule has 0 aliphatic heterocycles. The molecule has 0 bridgehead atoms. The van der Waals surface area contributed by atoms with Crippen molar-refractivity contribution in [3.05, 3.63) is 64.4 Å². The van der Waals surface area contributed by atoms with Gasteiger partial charge in [0.2, 0.25) is 5.91 Å². The van der Waals surface area contributed by atoms with Crippen LogP contribution in [0.3, 0.4) is 0 Å². The summed E-state index contributed by atoms with van der Waals surface area (Å²) in [5.41, 5.74) is 7.43. The summed E-state index contributed by atoms with van der Waals surface area (Å²) < 4.78 is 0. The average molecular weight is 378 g/mol. The van der Waals surface area contributed by atoms with E-state index >= 15 is 0 Å². The van der Waals surface area contributed by atoms with Crippen LogP contribution in [0.5, 0.6) is 0 Å². The molecular weight excluding hydrogens is 364 g/mol. The predicted octanol–water partition coefficient (Wildman–Crippen LogP) is 2.02. The van der Waals surface area contributed by atoms with Crippen LogP contribution < -0.4 is 16.6 Å². The van der Waals surface area contributed by atoms with Crippen molar-refractivity contribution < 1.29 is 4.79 Å².